The molecule has 1 aliphatic heterocycles. The number of hydrogen-bond acceptors (Lipinski definition) is 6. The van der Waals surface area contributed by atoms with E-state index in [1.54, 1.807) is 12.5 Å². The highest BCUT2D eigenvalue weighted by atomic mass is 16.5. The second-order valence-corrected chi connectivity index (χ2v) is 6.43. The molecule has 0 spiro atoms. The van der Waals surface area contributed by atoms with Crippen LogP contribution in [0.1, 0.15) is 17.5 Å². The average molecular weight is 347 g/mol. The monoisotopic (exact) mass is 347 g/mol. The zero-order valence-electron chi connectivity index (χ0n) is 14.7. The smallest absolute Gasteiger partial charge is 0.317 e. The van der Waals surface area contributed by atoms with Crippen molar-refractivity contribution in [3.63, 3.8) is 0 Å². The molecule has 1 N–H and O–H groups in total. The molecule has 0 saturated carbocycles. The van der Waals surface area contributed by atoms with E-state index < -0.39 is 0 Å². The number of carbonyl (C=O) groups excluding carboxylic acids is 1. The van der Waals surface area contributed by atoms with Crippen LogP contribution in [0.25, 0.3) is 0 Å². The summed E-state index contributed by atoms with van der Waals surface area (Å²) in [6.45, 7) is 4.34. The first-order valence-electron chi connectivity index (χ1n) is 8.47. The molecule has 2 aromatic heterocycles. The van der Waals surface area contributed by atoms with Crippen LogP contribution in [0.15, 0.2) is 39.7 Å². The normalized spacial score (nSPS) is 17.0. The molecule has 1 aliphatic rings. The van der Waals surface area contributed by atoms with Crippen molar-refractivity contribution in [2.24, 2.45) is 0 Å². The van der Waals surface area contributed by atoms with Gasteiger partial charge in [0.2, 0.25) is 0 Å². The lowest BCUT2D eigenvalue weighted by atomic mass is 10.2. The van der Waals surface area contributed by atoms with E-state index in [0.29, 0.717) is 19.6 Å². The van der Waals surface area contributed by atoms with Gasteiger partial charge in [0.05, 0.1) is 18.0 Å². The van der Waals surface area contributed by atoms with Crippen molar-refractivity contribution < 1.29 is 13.7 Å². The Bertz CT molecular complexity index is 633. The fourth-order valence-electron chi connectivity index (χ4n) is 2.97. The van der Waals surface area contributed by atoms with Gasteiger partial charge in [-0.15, -0.1) is 0 Å². The minimum atomic E-state index is -0.0282. The Balaban J connectivity index is 1.44. The third kappa shape index (κ3) is 4.61. The summed E-state index contributed by atoms with van der Waals surface area (Å²) in [5.74, 6) is 0.850. The molecule has 3 heterocycles. The molecule has 1 unspecified atom stereocenters. The summed E-state index contributed by atoms with van der Waals surface area (Å²) in [5.41, 5.74) is 0.921. The van der Waals surface area contributed by atoms with Crippen molar-refractivity contribution in [1.29, 1.82) is 0 Å². The predicted octanol–water partition coefficient (Wildman–Crippen LogP) is 1.40. The van der Waals surface area contributed by atoms with Gasteiger partial charge < -0.3 is 19.2 Å². The topological polar surface area (TPSA) is 78.0 Å². The van der Waals surface area contributed by atoms with Crippen molar-refractivity contribution in [3.05, 3.63) is 42.2 Å². The van der Waals surface area contributed by atoms with Crippen LogP contribution in [-0.2, 0) is 6.54 Å². The van der Waals surface area contributed by atoms with E-state index in [4.69, 9.17) is 8.94 Å². The number of hydrogen-bond donors (Lipinski definition) is 1. The van der Waals surface area contributed by atoms with Gasteiger partial charge >= 0.3 is 6.03 Å². The Morgan fingerprint density at radius 2 is 2.08 bits per heavy atom. The molecule has 136 valence electrons. The number of likely N-dealkylation sites (N-methyl/N-ethyl adjacent to an activating group) is 1. The lowest BCUT2D eigenvalue weighted by Crippen LogP contribution is -2.52. The van der Waals surface area contributed by atoms with Gasteiger partial charge in [0, 0.05) is 45.3 Å². The highest BCUT2D eigenvalue weighted by Crippen LogP contribution is 2.17. The summed E-state index contributed by atoms with van der Waals surface area (Å²) in [7, 11) is 3.95. The van der Waals surface area contributed by atoms with Crippen molar-refractivity contribution in [3.8, 4) is 0 Å². The first-order valence-corrected chi connectivity index (χ1v) is 8.47. The van der Waals surface area contributed by atoms with Crippen LogP contribution in [0.4, 0.5) is 4.79 Å². The van der Waals surface area contributed by atoms with Crippen molar-refractivity contribution in [2.75, 3.05) is 46.8 Å². The molecule has 0 bridgehead atoms. The van der Waals surface area contributed by atoms with Gasteiger partial charge in [-0.05, 0) is 26.2 Å². The number of urea groups is 1. The van der Waals surface area contributed by atoms with Crippen LogP contribution in [0, 0.1) is 0 Å². The van der Waals surface area contributed by atoms with Crippen molar-refractivity contribution in [2.45, 2.75) is 12.6 Å². The largest absolute Gasteiger partial charge is 0.468 e. The molecule has 25 heavy (non-hydrogen) atoms. The summed E-state index contributed by atoms with van der Waals surface area (Å²) in [5, 5.41) is 6.95. The maximum Gasteiger partial charge on any atom is 0.317 e. The Morgan fingerprint density at radius 3 is 2.68 bits per heavy atom. The number of furan rings is 1. The summed E-state index contributed by atoms with van der Waals surface area (Å²) in [6, 6.07) is 5.66. The Hall–Kier alpha value is -2.32. The van der Waals surface area contributed by atoms with Crippen LogP contribution < -0.4 is 5.32 Å². The minimum Gasteiger partial charge on any atom is -0.468 e. The molecule has 0 radical (unpaired) electrons. The predicted molar refractivity (Wildman–Crippen MR) is 91.9 cm³/mol. The zero-order valence-corrected chi connectivity index (χ0v) is 14.7. The van der Waals surface area contributed by atoms with Crippen LogP contribution in [0.2, 0.25) is 0 Å². The standard InChI is InChI=1S/C17H25N5O3/c1-20(2)15(16-4-3-10-24-16)12-18-17(23)22-8-6-21(7-9-22)13-14-5-11-25-19-14/h3-5,10-11,15H,6-9,12-13H2,1-2H3,(H,18,23). The third-order valence-corrected chi connectivity index (χ3v) is 4.48. The first kappa shape index (κ1) is 17.5. The number of aromatic nitrogens is 1. The van der Waals surface area contributed by atoms with Gasteiger partial charge in [0.15, 0.2) is 0 Å². The highest BCUT2D eigenvalue weighted by molar-refractivity contribution is 5.74. The Kier molecular flexibility index (Phi) is 5.72. The highest BCUT2D eigenvalue weighted by Gasteiger charge is 2.23. The fraction of sp³-hybridized carbons (Fsp3) is 0.529. The Labute approximate surface area is 147 Å². The van der Waals surface area contributed by atoms with Crippen molar-refractivity contribution in [1.82, 2.24) is 25.2 Å². The van der Waals surface area contributed by atoms with E-state index in [2.05, 4.69) is 15.4 Å². The lowest BCUT2D eigenvalue weighted by molar-refractivity contribution is 0.131. The molecule has 8 heteroatoms. The number of amides is 2. The van der Waals surface area contributed by atoms with Crippen LogP contribution in [-0.4, -0.2) is 72.7 Å². The maximum atomic E-state index is 12.4. The molecule has 0 aromatic carbocycles. The van der Waals surface area contributed by atoms with Crippen molar-refractivity contribution >= 4 is 6.03 Å². The van der Waals surface area contributed by atoms with Crippen LogP contribution >= 0.6 is 0 Å². The molecular weight excluding hydrogens is 322 g/mol. The second-order valence-electron chi connectivity index (χ2n) is 6.43. The van der Waals surface area contributed by atoms with Gasteiger partial charge in [0.25, 0.3) is 0 Å². The van der Waals surface area contributed by atoms with Gasteiger partial charge in [0.1, 0.15) is 12.0 Å². The fourth-order valence-corrected chi connectivity index (χ4v) is 2.97. The van der Waals surface area contributed by atoms with E-state index in [0.717, 1.165) is 31.1 Å². The molecule has 2 amide bonds. The molecule has 0 aliphatic carbocycles. The van der Waals surface area contributed by atoms with E-state index in [1.807, 2.05) is 42.1 Å². The van der Waals surface area contributed by atoms with Crippen LogP contribution in [0.5, 0.6) is 0 Å². The SMILES string of the molecule is CN(C)C(CNC(=O)N1CCN(Cc2ccon2)CC1)c1ccco1. The van der Waals surface area contributed by atoms with Gasteiger partial charge in [-0.3, -0.25) is 9.80 Å². The summed E-state index contributed by atoms with van der Waals surface area (Å²) >= 11 is 0. The van der Waals surface area contributed by atoms with Crippen LogP contribution in [0.3, 0.4) is 0 Å². The van der Waals surface area contributed by atoms with Gasteiger partial charge in [-0.25, -0.2) is 4.79 Å². The molecule has 1 saturated heterocycles. The quantitative estimate of drug-likeness (QED) is 0.851. The zero-order chi connectivity index (χ0) is 17.6. The third-order valence-electron chi connectivity index (χ3n) is 4.48. The van der Waals surface area contributed by atoms with E-state index >= 15 is 0 Å². The lowest BCUT2D eigenvalue weighted by Gasteiger charge is -2.34. The molecule has 3 rings (SSSR count). The van der Waals surface area contributed by atoms with E-state index in [9.17, 15) is 4.79 Å². The minimum absolute atomic E-state index is 0.0207. The molecule has 2 aromatic rings. The molecular formula is C17H25N5O3. The number of nitrogens with one attached hydrogen (secondary N) is 1. The van der Waals surface area contributed by atoms with Gasteiger partial charge in [-0.1, -0.05) is 5.16 Å². The number of rotatable bonds is 6. The summed E-state index contributed by atoms with van der Waals surface area (Å²) in [4.78, 5) is 18.6. The summed E-state index contributed by atoms with van der Waals surface area (Å²) in [6.07, 6.45) is 3.24. The van der Waals surface area contributed by atoms with Gasteiger partial charge in [-0.2, -0.15) is 0 Å². The first-order chi connectivity index (χ1) is 12.1. The molecule has 8 nitrogen and oxygen atoms in total. The average Bonchev–Trinajstić information content (AvgIpc) is 3.29. The Morgan fingerprint density at radius 1 is 1.28 bits per heavy atom. The van der Waals surface area contributed by atoms with E-state index in [1.165, 1.54) is 0 Å². The molecule has 1 atom stereocenters. The number of nitrogens with zero attached hydrogens (tertiary/aromatic N) is 4. The van der Waals surface area contributed by atoms with E-state index in [-0.39, 0.29) is 12.1 Å². The number of carbonyl (C=O) groups is 1. The maximum absolute atomic E-state index is 12.4. The number of piperazine rings is 1. The summed E-state index contributed by atoms with van der Waals surface area (Å²) < 4.78 is 10.3. The second kappa shape index (κ2) is 8.17. The molecule has 1 fully saturated rings.